The number of nitrogens with zero attached hydrogens (tertiary/aromatic N) is 3. The van der Waals surface area contributed by atoms with Crippen LogP contribution in [-0.2, 0) is 28.6 Å². The fourth-order valence-electron chi connectivity index (χ4n) is 4.12. The summed E-state index contributed by atoms with van der Waals surface area (Å²) in [5.74, 6) is 0.302. The summed E-state index contributed by atoms with van der Waals surface area (Å²) in [5, 5.41) is 0.604. The van der Waals surface area contributed by atoms with E-state index in [2.05, 4.69) is 23.0 Å². The van der Waals surface area contributed by atoms with Crippen molar-refractivity contribution in [2.45, 2.75) is 50.2 Å². The summed E-state index contributed by atoms with van der Waals surface area (Å²) in [4.78, 5) is 24.1. The number of benzene rings is 2. The number of thioether (sulfide) groups is 1. The molecule has 1 aliphatic rings. The van der Waals surface area contributed by atoms with Gasteiger partial charge in [0.05, 0.1) is 22.7 Å². The summed E-state index contributed by atoms with van der Waals surface area (Å²) < 4.78 is 24.4. The predicted octanol–water partition coefficient (Wildman–Crippen LogP) is 5.12. The Labute approximate surface area is 216 Å². The summed E-state index contributed by atoms with van der Waals surface area (Å²) in [5.41, 5.74) is 4.53. The van der Waals surface area contributed by atoms with Gasteiger partial charge in [0.2, 0.25) is 0 Å². The van der Waals surface area contributed by atoms with E-state index in [-0.39, 0.29) is 34.7 Å². The zero-order chi connectivity index (χ0) is 25.0. The third kappa shape index (κ3) is 6.63. The minimum Gasteiger partial charge on any atom is -0.329 e. The monoisotopic (exact) mass is 529 g/mol. The third-order valence-electron chi connectivity index (χ3n) is 6.07. The fraction of sp³-hybridized carbons (Fsp3) is 0.346. The highest BCUT2D eigenvalue weighted by Crippen LogP contribution is 2.27. The molecule has 1 atom stereocenters. The fourth-order valence-corrected chi connectivity index (χ4v) is 6.78. The maximum Gasteiger partial charge on any atom is 0.274 e. The van der Waals surface area contributed by atoms with Gasteiger partial charge in [-0.25, -0.2) is 18.4 Å². The average Bonchev–Trinajstić information content (AvgIpc) is 3.21. The van der Waals surface area contributed by atoms with Gasteiger partial charge in [-0.05, 0) is 36.5 Å². The second kappa shape index (κ2) is 11.1. The predicted molar refractivity (Wildman–Crippen MR) is 141 cm³/mol. The van der Waals surface area contributed by atoms with Crippen LogP contribution in [0.25, 0.3) is 0 Å². The van der Waals surface area contributed by atoms with E-state index in [1.807, 2.05) is 49.4 Å². The van der Waals surface area contributed by atoms with Crippen LogP contribution in [0.1, 0.15) is 46.1 Å². The molecule has 4 rings (SSSR count). The zero-order valence-corrected chi connectivity index (χ0v) is 22.2. The first-order valence-electron chi connectivity index (χ1n) is 11.5. The third-order valence-corrected chi connectivity index (χ3v) is 9.03. The lowest BCUT2D eigenvalue weighted by Crippen LogP contribution is -2.41. The molecule has 0 spiro atoms. The molecule has 2 aromatic carbocycles. The Morgan fingerprint density at radius 1 is 1.14 bits per heavy atom. The number of carbonyl (C=O) groups is 1. The first kappa shape index (κ1) is 25.7. The first-order valence-corrected chi connectivity index (χ1v) is 14.7. The van der Waals surface area contributed by atoms with Gasteiger partial charge in [0, 0.05) is 18.3 Å². The molecule has 0 bridgehead atoms. The van der Waals surface area contributed by atoms with Gasteiger partial charge in [-0.2, -0.15) is 0 Å². The maximum atomic E-state index is 13.7. The van der Waals surface area contributed by atoms with Crippen molar-refractivity contribution in [2.75, 3.05) is 11.5 Å². The van der Waals surface area contributed by atoms with Gasteiger partial charge >= 0.3 is 0 Å². The van der Waals surface area contributed by atoms with Crippen LogP contribution < -0.4 is 0 Å². The first-order chi connectivity index (χ1) is 16.7. The Morgan fingerprint density at radius 3 is 2.54 bits per heavy atom. The Kier molecular flexibility index (Phi) is 8.14. The Morgan fingerprint density at radius 2 is 1.89 bits per heavy atom. The molecule has 1 amide bonds. The van der Waals surface area contributed by atoms with Gasteiger partial charge in [-0.3, -0.25) is 4.79 Å². The van der Waals surface area contributed by atoms with E-state index in [1.54, 1.807) is 4.90 Å². The van der Waals surface area contributed by atoms with Crippen molar-refractivity contribution in [1.82, 2.24) is 14.9 Å². The van der Waals surface area contributed by atoms with E-state index in [0.717, 1.165) is 17.5 Å². The molecule has 9 heteroatoms. The van der Waals surface area contributed by atoms with E-state index in [1.165, 1.54) is 29.1 Å². The lowest BCUT2D eigenvalue weighted by atomic mass is 10.1. The second-order valence-corrected chi connectivity index (χ2v) is 12.4. The molecule has 1 unspecified atom stereocenters. The second-order valence-electron chi connectivity index (χ2n) is 8.79. The number of aromatic nitrogens is 2. The number of amides is 1. The molecule has 35 heavy (non-hydrogen) atoms. The molecule has 0 aliphatic carbocycles. The van der Waals surface area contributed by atoms with Crippen LogP contribution in [0.15, 0.2) is 59.9 Å². The van der Waals surface area contributed by atoms with Crippen molar-refractivity contribution >= 4 is 39.1 Å². The topological polar surface area (TPSA) is 80.2 Å². The largest absolute Gasteiger partial charge is 0.329 e. The molecular weight excluding hydrogens is 502 g/mol. The van der Waals surface area contributed by atoms with Crippen LogP contribution in [0.5, 0.6) is 0 Å². The minimum atomic E-state index is -3.18. The average molecular weight is 530 g/mol. The number of carbonyl (C=O) groups excluding carboxylic acids is 1. The highest BCUT2D eigenvalue weighted by Gasteiger charge is 2.36. The molecule has 0 saturated carbocycles. The molecular formula is C26H28ClN3O3S2. The van der Waals surface area contributed by atoms with Gasteiger partial charge in [0.15, 0.2) is 20.7 Å². The Balaban J connectivity index is 1.59. The van der Waals surface area contributed by atoms with E-state index >= 15 is 0 Å². The van der Waals surface area contributed by atoms with E-state index in [0.29, 0.717) is 17.3 Å². The van der Waals surface area contributed by atoms with Crippen LogP contribution >= 0.6 is 23.4 Å². The van der Waals surface area contributed by atoms with E-state index < -0.39 is 15.9 Å². The van der Waals surface area contributed by atoms with Crippen LogP contribution in [0.4, 0.5) is 0 Å². The van der Waals surface area contributed by atoms with Crippen molar-refractivity contribution in [3.63, 3.8) is 0 Å². The van der Waals surface area contributed by atoms with Crippen molar-refractivity contribution in [2.24, 2.45) is 0 Å². The van der Waals surface area contributed by atoms with Crippen LogP contribution in [0.2, 0.25) is 5.02 Å². The molecule has 1 saturated heterocycles. The van der Waals surface area contributed by atoms with E-state index in [9.17, 15) is 13.2 Å². The van der Waals surface area contributed by atoms with Crippen molar-refractivity contribution in [3.8, 4) is 0 Å². The molecule has 3 aromatic rings. The number of aryl methyl sites for hydroxylation is 2. The van der Waals surface area contributed by atoms with Crippen LogP contribution in [0.3, 0.4) is 0 Å². The summed E-state index contributed by atoms with van der Waals surface area (Å²) in [6.45, 7) is 4.41. The van der Waals surface area contributed by atoms with Crippen molar-refractivity contribution < 1.29 is 13.2 Å². The molecule has 1 aromatic heterocycles. The Hall–Kier alpha value is -2.42. The van der Waals surface area contributed by atoms with Gasteiger partial charge in [0.25, 0.3) is 5.91 Å². The molecule has 2 heterocycles. The summed E-state index contributed by atoms with van der Waals surface area (Å²) in [7, 11) is -3.18. The standard InChI is InChI=1S/C26H28ClN3O3S2/c1-3-19-7-9-20(10-8-19)15-30(22-11-12-35(32,33)17-22)25(31)24-23(27)14-28-26(29-24)34-16-21-6-4-5-18(2)13-21/h4-10,13-14,22H,3,11-12,15-17H2,1-2H3. The molecule has 0 N–H and O–H groups in total. The van der Waals surface area contributed by atoms with Crippen molar-refractivity contribution in [1.29, 1.82) is 0 Å². The number of hydrogen-bond donors (Lipinski definition) is 0. The van der Waals surface area contributed by atoms with E-state index in [4.69, 9.17) is 11.6 Å². The molecule has 0 radical (unpaired) electrons. The summed E-state index contributed by atoms with van der Waals surface area (Å²) in [6, 6.07) is 15.8. The molecule has 1 aliphatic heterocycles. The van der Waals surface area contributed by atoms with Gasteiger partial charge < -0.3 is 4.90 Å². The number of sulfone groups is 1. The highest BCUT2D eigenvalue weighted by atomic mass is 35.5. The Bertz CT molecular complexity index is 1310. The molecule has 1 fully saturated rings. The smallest absolute Gasteiger partial charge is 0.274 e. The lowest BCUT2D eigenvalue weighted by Gasteiger charge is -2.28. The highest BCUT2D eigenvalue weighted by molar-refractivity contribution is 7.98. The van der Waals surface area contributed by atoms with Crippen LogP contribution in [-0.4, -0.2) is 46.7 Å². The van der Waals surface area contributed by atoms with Crippen LogP contribution in [0, 0.1) is 6.92 Å². The normalized spacial score (nSPS) is 16.8. The summed E-state index contributed by atoms with van der Waals surface area (Å²) in [6.07, 6.45) is 2.77. The number of rotatable bonds is 8. The summed E-state index contributed by atoms with van der Waals surface area (Å²) >= 11 is 7.81. The van der Waals surface area contributed by atoms with Gasteiger partial charge in [-0.15, -0.1) is 0 Å². The zero-order valence-electron chi connectivity index (χ0n) is 19.8. The molecule has 6 nitrogen and oxygen atoms in total. The lowest BCUT2D eigenvalue weighted by molar-refractivity contribution is 0.0674. The number of halogens is 1. The van der Waals surface area contributed by atoms with Crippen molar-refractivity contribution in [3.05, 3.63) is 87.7 Å². The quantitative estimate of drug-likeness (QED) is 0.297. The van der Waals surface area contributed by atoms with Gasteiger partial charge in [-0.1, -0.05) is 84.4 Å². The van der Waals surface area contributed by atoms with Gasteiger partial charge in [0.1, 0.15) is 0 Å². The maximum absolute atomic E-state index is 13.7. The molecule has 184 valence electrons. The SMILES string of the molecule is CCc1ccc(CN(C(=O)c2nc(SCc3cccc(C)c3)ncc2Cl)C2CCS(=O)(=O)C2)cc1. The number of hydrogen-bond acceptors (Lipinski definition) is 6. The minimum absolute atomic E-state index is 0.0521.